The molecule has 27 heavy (non-hydrogen) atoms. The van der Waals surface area contributed by atoms with E-state index in [2.05, 4.69) is 12.2 Å². The molecule has 1 aromatic rings. The molecular weight excluding hydrogens is 362 g/mol. The molecule has 0 spiro atoms. The van der Waals surface area contributed by atoms with Crippen LogP contribution in [0.4, 0.5) is 0 Å². The summed E-state index contributed by atoms with van der Waals surface area (Å²) in [5.74, 6) is 0.640. The zero-order chi connectivity index (χ0) is 19.4. The largest absolute Gasteiger partial charge is 0.348 e. The Morgan fingerprint density at radius 2 is 1.78 bits per heavy atom. The second-order valence-electron chi connectivity index (χ2n) is 7.97. The first-order valence-electron chi connectivity index (χ1n) is 10.1. The summed E-state index contributed by atoms with van der Waals surface area (Å²) in [6.45, 7) is 6.38. The predicted molar refractivity (Wildman–Crippen MR) is 105 cm³/mol. The van der Waals surface area contributed by atoms with Crippen molar-refractivity contribution in [1.82, 2.24) is 9.62 Å². The van der Waals surface area contributed by atoms with E-state index >= 15 is 0 Å². The summed E-state index contributed by atoms with van der Waals surface area (Å²) in [5, 5.41) is 3.24. The van der Waals surface area contributed by atoms with Crippen molar-refractivity contribution in [3.05, 3.63) is 30.3 Å². The lowest BCUT2D eigenvalue weighted by Crippen LogP contribution is -3.19. The van der Waals surface area contributed by atoms with E-state index in [1.54, 1.807) is 28.6 Å². The minimum absolute atomic E-state index is 0.100. The normalized spacial score (nSPS) is 26.4. The first kappa shape index (κ1) is 20.3. The lowest BCUT2D eigenvalue weighted by molar-refractivity contribution is -0.917. The molecule has 0 radical (unpaired) electrons. The maximum Gasteiger partial charge on any atom is 0.278 e. The number of carbonyl (C=O) groups excluding carboxylic acids is 1. The Hall–Kier alpha value is -1.44. The molecule has 1 aliphatic heterocycles. The van der Waals surface area contributed by atoms with Gasteiger partial charge in [-0.05, 0) is 37.8 Å². The van der Waals surface area contributed by atoms with Crippen LogP contribution in [0.5, 0.6) is 0 Å². The maximum atomic E-state index is 12.7. The van der Waals surface area contributed by atoms with Crippen molar-refractivity contribution in [3.8, 4) is 0 Å². The molecule has 1 heterocycles. The van der Waals surface area contributed by atoms with Crippen molar-refractivity contribution in [2.45, 2.75) is 56.5 Å². The fraction of sp³-hybridized carbons (Fsp3) is 0.650. The van der Waals surface area contributed by atoms with Gasteiger partial charge < -0.3 is 10.2 Å². The van der Waals surface area contributed by atoms with Gasteiger partial charge in [0.25, 0.3) is 5.91 Å². The topological polar surface area (TPSA) is 70.9 Å². The predicted octanol–water partition coefficient (Wildman–Crippen LogP) is 0.659. The summed E-state index contributed by atoms with van der Waals surface area (Å²) in [6.07, 6.45) is 4.69. The lowest BCUT2D eigenvalue weighted by atomic mass is 9.86. The third kappa shape index (κ3) is 4.70. The molecule has 2 N–H and O–H groups in total. The van der Waals surface area contributed by atoms with Gasteiger partial charge in [-0.2, -0.15) is 4.31 Å². The Labute approximate surface area is 163 Å². The van der Waals surface area contributed by atoms with Crippen LogP contribution in [0, 0.1) is 5.92 Å². The quantitative estimate of drug-likeness (QED) is 0.771. The number of sulfonamides is 1. The van der Waals surface area contributed by atoms with Crippen LogP contribution in [0.3, 0.4) is 0 Å². The molecule has 1 saturated carbocycles. The smallest absolute Gasteiger partial charge is 0.278 e. The van der Waals surface area contributed by atoms with Gasteiger partial charge in [-0.1, -0.05) is 38.0 Å². The van der Waals surface area contributed by atoms with Crippen molar-refractivity contribution in [3.63, 3.8) is 0 Å². The van der Waals surface area contributed by atoms with Crippen LogP contribution in [0.15, 0.2) is 35.2 Å². The molecule has 1 aromatic carbocycles. The molecule has 0 bridgehead atoms. The van der Waals surface area contributed by atoms with Crippen molar-refractivity contribution in [2.75, 3.05) is 26.2 Å². The molecule has 6 nitrogen and oxygen atoms in total. The van der Waals surface area contributed by atoms with E-state index in [4.69, 9.17) is 0 Å². The standard InChI is InChI=1S/C20H31N3O3S/c1-16-8-6-7-11-19(16)21-20(24)17(2)22-12-14-23(15-13-22)27(25,26)18-9-4-3-5-10-18/h3-5,9-10,16-17,19H,6-8,11-15H2,1-2H3,(H,21,24)/p+1/t16-,17-,19-/m1/s1. The molecule has 2 fully saturated rings. The number of nitrogens with one attached hydrogen (secondary N) is 2. The number of benzene rings is 1. The second kappa shape index (κ2) is 8.71. The first-order chi connectivity index (χ1) is 12.9. The van der Waals surface area contributed by atoms with Crippen LogP contribution >= 0.6 is 0 Å². The molecule has 150 valence electrons. The Bertz CT molecular complexity index is 730. The molecule has 3 atom stereocenters. The van der Waals surface area contributed by atoms with E-state index in [-0.39, 0.29) is 18.0 Å². The number of hydrogen-bond donors (Lipinski definition) is 2. The van der Waals surface area contributed by atoms with E-state index in [0.29, 0.717) is 37.0 Å². The van der Waals surface area contributed by atoms with Gasteiger partial charge in [-0.15, -0.1) is 0 Å². The highest BCUT2D eigenvalue weighted by Crippen LogP contribution is 2.23. The molecule has 0 unspecified atom stereocenters. The molecule has 3 rings (SSSR count). The number of amides is 1. The number of quaternary nitrogens is 1. The summed E-state index contributed by atoms with van der Waals surface area (Å²) < 4.78 is 27.0. The monoisotopic (exact) mass is 394 g/mol. The van der Waals surface area contributed by atoms with Crippen molar-refractivity contribution in [1.29, 1.82) is 0 Å². The molecule has 1 amide bonds. The fourth-order valence-electron chi connectivity index (χ4n) is 4.21. The Balaban J connectivity index is 1.54. The first-order valence-corrected chi connectivity index (χ1v) is 11.5. The molecule has 2 aliphatic rings. The SMILES string of the molecule is C[C@@H]1CCCC[C@H]1NC(=O)[C@@H](C)[NH+]1CCN(S(=O)(=O)c2ccccc2)CC1. The third-order valence-corrected chi connectivity index (χ3v) is 8.10. The average molecular weight is 395 g/mol. The van der Waals surface area contributed by atoms with Gasteiger partial charge in [0.15, 0.2) is 6.04 Å². The summed E-state index contributed by atoms with van der Waals surface area (Å²) in [5.41, 5.74) is 0. The number of nitrogens with zero attached hydrogens (tertiary/aromatic N) is 1. The number of hydrogen-bond acceptors (Lipinski definition) is 3. The van der Waals surface area contributed by atoms with Crippen LogP contribution in [-0.4, -0.2) is 56.9 Å². The minimum atomic E-state index is -3.44. The highest BCUT2D eigenvalue weighted by atomic mass is 32.2. The lowest BCUT2D eigenvalue weighted by Gasteiger charge is -2.35. The average Bonchev–Trinajstić information content (AvgIpc) is 2.70. The third-order valence-electron chi connectivity index (χ3n) is 6.19. The summed E-state index contributed by atoms with van der Waals surface area (Å²) >= 11 is 0. The van der Waals surface area contributed by atoms with E-state index in [1.165, 1.54) is 19.3 Å². The summed E-state index contributed by atoms with van der Waals surface area (Å²) in [7, 11) is -3.44. The van der Waals surface area contributed by atoms with Crippen LogP contribution in [-0.2, 0) is 14.8 Å². The molecular formula is C20H32N3O3S+. The van der Waals surface area contributed by atoms with Gasteiger partial charge >= 0.3 is 0 Å². The zero-order valence-corrected chi connectivity index (χ0v) is 17.2. The van der Waals surface area contributed by atoms with Crippen molar-refractivity contribution >= 4 is 15.9 Å². The van der Waals surface area contributed by atoms with Crippen LogP contribution in [0.25, 0.3) is 0 Å². The number of carbonyl (C=O) groups is 1. The Kier molecular flexibility index (Phi) is 6.55. The van der Waals surface area contributed by atoms with Crippen LogP contribution in [0.2, 0.25) is 0 Å². The molecule has 1 saturated heterocycles. The van der Waals surface area contributed by atoms with Crippen molar-refractivity contribution in [2.24, 2.45) is 5.92 Å². The van der Waals surface area contributed by atoms with Gasteiger partial charge in [0.1, 0.15) is 0 Å². The van der Waals surface area contributed by atoms with Gasteiger partial charge in [-0.3, -0.25) is 4.79 Å². The van der Waals surface area contributed by atoms with Gasteiger partial charge in [-0.25, -0.2) is 8.42 Å². The van der Waals surface area contributed by atoms with Crippen LogP contribution < -0.4 is 10.2 Å². The van der Waals surface area contributed by atoms with Crippen LogP contribution in [0.1, 0.15) is 39.5 Å². The molecule has 1 aliphatic carbocycles. The number of rotatable bonds is 5. The van der Waals surface area contributed by atoms with E-state index < -0.39 is 10.0 Å². The molecule has 7 heteroatoms. The zero-order valence-electron chi connectivity index (χ0n) is 16.4. The van der Waals surface area contributed by atoms with Gasteiger partial charge in [0.2, 0.25) is 10.0 Å². The number of piperazine rings is 1. The van der Waals surface area contributed by atoms with E-state index in [9.17, 15) is 13.2 Å². The summed E-state index contributed by atoms with van der Waals surface area (Å²) in [4.78, 5) is 14.2. The summed E-state index contributed by atoms with van der Waals surface area (Å²) in [6, 6.07) is 8.70. The second-order valence-corrected chi connectivity index (χ2v) is 9.91. The van der Waals surface area contributed by atoms with E-state index in [1.807, 2.05) is 13.0 Å². The highest BCUT2D eigenvalue weighted by Gasteiger charge is 2.35. The highest BCUT2D eigenvalue weighted by molar-refractivity contribution is 7.89. The van der Waals surface area contributed by atoms with E-state index in [0.717, 1.165) is 11.3 Å². The van der Waals surface area contributed by atoms with Gasteiger partial charge in [0, 0.05) is 6.04 Å². The maximum absolute atomic E-state index is 12.7. The van der Waals surface area contributed by atoms with Crippen molar-refractivity contribution < 1.29 is 18.1 Å². The molecule has 0 aromatic heterocycles. The Morgan fingerprint density at radius 1 is 1.15 bits per heavy atom. The minimum Gasteiger partial charge on any atom is -0.348 e. The fourth-order valence-corrected chi connectivity index (χ4v) is 5.67. The Morgan fingerprint density at radius 3 is 2.41 bits per heavy atom. The van der Waals surface area contributed by atoms with Gasteiger partial charge in [0.05, 0.1) is 31.1 Å².